The smallest absolute Gasteiger partial charge is 0.123 e. The number of aromatic nitrogens is 1. The van der Waals surface area contributed by atoms with Crippen LogP contribution in [0.3, 0.4) is 0 Å². The summed E-state index contributed by atoms with van der Waals surface area (Å²) in [6, 6.07) is 16.1. The van der Waals surface area contributed by atoms with Gasteiger partial charge in [-0.25, -0.2) is 4.39 Å². The average Bonchev–Trinajstić information content (AvgIpc) is 3.06. The van der Waals surface area contributed by atoms with Crippen LogP contribution < -0.4 is 4.74 Å². The van der Waals surface area contributed by atoms with Crippen LogP contribution in [0.15, 0.2) is 48.5 Å². The Morgan fingerprint density at radius 3 is 2.85 bits per heavy atom. The standard InChI is InChI=1S/C22H25FN2O/c1-15-6-5-8-21(20-13-17-12-18(23)10-11-19(17)24-20)25(15)14-16-7-3-4-9-22(16)26-2/h3-4,7,9-13,15,21,24H,5-6,8,14H2,1-2H3. The van der Waals surface area contributed by atoms with Gasteiger partial charge in [-0.2, -0.15) is 0 Å². The third-order valence-electron chi connectivity index (χ3n) is 5.57. The second-order valence-electron chi connectivity index (χ2n) is 7.24. The maximum absolute atomic E-state index is 13.6. The van der Waals surface area contributed by atoms with Crippen molar-refractivity contribution in [3.05, 3.63) is 65.6 Å². The fraction of sp³-hybridized carbons (Fsp3) is 0.364. The Kier molecular flexibility index (Phi) is 4.68. The molecule has 0 spiro atoms. The van der Waals surface area contributed by atoms with Crippen molar-refractivity contribution in [2.75, 3.05) is 7.11 Å². The maximum Gasteiger partial charge on any atom is 0.123 e. The molecule has 2 aromatic carbocycles. The molecule has 0 saturated carbocycles. The first-order valence-electron chi connectivity index (χ1n) is 9.31. The topological polar surface area (TPSA) is 28.3 Å². The molecular formula is C22H25FN2O. The van der Waals surface area contributed by atoms with Gasteiger partial charge in [-0.1, -0.05) is 18.2 Å². The second kappa shape index (κ2) is 7.12. The second-order valence-corrected chi connectivity index (χ2v) is 7.24. The van der Waals surface area contributed by atoms with Gasteiger partial charge >= 0.3 is 0 Å². The van der Waals surface area contributed by atoms with Gasteiger partial charge in [0, 0.05) is 34.7 Å². The molecule has 0 bridgehead atoms. The molecule has 2 atom stereocenters. The predicted molar refractivity (Wildman–Crippen MR) is 103 cm³/mol. The highest BCUT2D eigenvalue weighted by Crippen LogP contribution is 2.37. The van der Waals surface area contributed by atoms with Crippen LogP contribution in [0.2, 0.25) is 0 Å². The van der Waals surface area contributed by atoms with Gasteiger partial charge in [0.1, 0.15) is 11.6 Å². The fourth-order valence-electron chi connectivity index (χ4n) is 4.18. The molecule has 3 nitrogen and oxygen atoms in total. The van der Waals surface area contributed by atoms with Crippen LogP contribution in [-0.4, -0.2) is 23.0 Å². The lowest BCUT2D eigenvalue weighted by Gasteiger charge is -2.40. The summed E-state index contributed by atoms with van der Waals surface area (Å²) in [6.07, 6.45) is 3.51. The van der Waals surface area contributed by atoms with E-state index in [0.717, 1.165) is 29.6 Å². The molecular weight excluding hydrogens is 327 g/mol. The van der Waals surface area contributed by atoms with Crippen LogP contribution in [0.25, 0.3) is 10.9 Å². The Labute approximate surface area is 153 Å². The lowest BCUT2D eigenvalue weighted by atomic mass is 9.93. The number of piperidine rings is 1. The van der Waals surface area contributed by atoms with Crippen LogP contribution in [0.4, 0.5) is 4.39 Å². The monoisotopic (exact) mass is 352 g/mol. The number of ether oxygens (including phenoxy) is 1. The van der Waals surface area contributed by atoms with E-state index in [1.165, 1.54) is 30.2 Å². The van der Waals surface area contributed by atoms with Crippen LogP contribution in [0.1, 0.15) is 43.5 Å². The first kappa shape index (κ1) is 17.1. The third kappa shape index (κ3) is 3.21. The van der Waals surface area contributed by atoms with E-state index < -0.39 is 0 Å². The van der Waals surface area contributed by atoms with Gasteiger partial charge in [-0.05, 0) is 56.5 Å². The number of fused-ring (bicyclic) bond motifs is 1. The molecule has 0 aliphatic carbocycles. The molecule has 136 valence electrons. The van der Waals surface area contributed by atoms with E-state index in [-0.39, 0.29) is 5.82 Å². The van der Waals surface area contributed by atoms with Gasteiger partial charge in [0.15, 0.2) is 0 Å². The van der Waals surface area contributed by atoms with Crippen molar-refractivity contribution in [3.63, 3.8) is 0 Å². The molecule has 1 aromatic heterocycles. The van der Waals surface area contributed by atoms with Crippen LogP contribution in [0.5, 0.6) is 5.75 Å². The van der Waals surface area contributed by atoms with E-state index >= 15 is 0 Å². The molecule has 4 heteroatoms. The first-order chi connectivity index (χ1) is 12.7. The Bertz CT molecular complexity index is 904. The molecule has 2 unspecified atom stereocenters. The van der Waals surface area contributed by atoms with Crippen LogP contribution in [-0.2, 0) is 6.54 Å². The number of hydrogen-bond acceptors (Lipinski definition) is 2. The number of likely N-dealkylation sites (tertiary alicyclic amines) is 1. The number of H-pyrrole nitrogens is 1. The predicted octanol–water partition coefficient (Wildman–Crippen LogP) is 5.43. The van der Waals surface area contributed by atoms with E-state index in [9.17, 15) is 4.39 Å². The quantitative estimate of drug-likeness (QED) is 0.678. The van der Waals surface area contributed by atoms with Crippen molar-refractivity contribution >= 4 is 10.9 Å². The molecule has 0 radical (unpaired) electrons. The highest BCUT2D eigenvalue weighted by atomic mass is 19.1. The van der Waals surface area contributed by atoms with Gasteiger partial charge in [-0.15, -0.1) is 0 Å². The van der Waals surface area contributed by atoms with Crippen LogP contribution >= 0.6 is 0 Å². The molecule has 0 amide bonds. The summed E-state index contributed by atoms with van der Waals surface area (Å²) in [7, 11) is 1.72. The zero-order chi connectivity index (χ0) is 18.1. The van der Waals surface area contributed by atoms with Crippen LogP contribution in [0, 0.1) is 5.82 Å². The average molecular weight is 352 g/mol. The molecule has 1 N–H and O–H groups in total. The van der Waals surface area contributed by atoms with Gasteiger partial charge < -0.3 is 9.72 Å². The van der Waals surface area contributed by atoms with E-state index in [1.54, 1.807) is 13.2 Å². The molecule has 1 aliphatic rings. The normalized spacial score (nSPS) is 21.2. The van der Waals surface area contributed by atoms with Gasteiger partial charge in [0.05, 0.1) is 13.2 Å². The summed E-state index contributed by atoms with van der Waals surface area (Å²) in [6.45, 7) is 3.14. The van der Waals surface area contributed by atoms with Crippen molar-refractivity contribution in [1.82, 2.24) is 9.88 Å². The Morgan fingerprint density at radius 2 is 2.00 bits per heavy atom. The number of rotatable bonds is 4. The highest BCUT2D eigenvalue weighted by molar-refractivity contribution is 5.80. The lowest BCUT2D eigenvalue weighted by Crippen LogP contribution is -2.39. The number of para-hydroxylation sites is 1. The summed E-state index contributed by atoms with van der Waals surface area (Å²) in [5.41, 5.74) is 3.37. The molecule has 1 aliphatic heterocycles. The number of hydrogen-bond donors (Lipinski definition) is 1. The first-order valence-corrected chi connectivity index (χ1v) is 9.31. The Morgan fingerprint density at radius 1 is 1.15 bits per heavy atom. The zero-order valence-corrected chi connectivity index (χ0v) is 15.3. The minimum absolute atomic E-state index is 0.189. The number of aromatic amines is 1. The number of halogens is 1. The Hall–Kier alpha value is -2.33. The summed E-state index contributed by atoms with van der Waals surface area (Å²) >= 11 is 0. The number of nitrogens with one attached hydrogen (secondary N) is 1. The number of methoxy groups -OCH3 is 1. The highest BCUT2D eigenvalue weighted by Gasteiger charge is 2.30. The van der Waals surface area contributed by atoms with Crippen molar-refractivity contribution in [3.8, 4) is 5.75 Å². The Balaban J connectivity index is 1.68. The van der Waals surface area contributed by atoms with Crippen molar-refractivity contribution in [2.45, 2.75) is 44.8 Å². The number of nitrogens with zero attached hydrogens (tertiary/aromatic N) is 1. The summed E-state index contributed by atoms with van der Waals surface area (Å²) < 4.78 is 19.1. The number of benzene rings is 2. The van der Waals surface area contributed by atoms with Gasteiger partial charge in [0.2, 0.25) is 0 Å². The van der Waals surface area contributed by atoms with Crippen molar-refractivity contribution in [2.24, 2.45) is 0 Å². The van der Waals surface area contributed by atoms with E-state index in [0.29, 0.717) is 12.1 Å². The maximum atomic E-state index is 13.6. The minimum Gasteiger partial charge on any atom is -0.496 e. The summed E-state index contributed by atoms with van der Waals surface area (Å²) in [5.74, 6) is 0.744. The van der Waals surface area contributed by atoms with Gasteiger partial charge in [-0.3, -0.25) is 4.90 Å². The van der Waals surface area contributed by atoms with Crippen molar-refractivity contribution in [1.29, 1.82) is 0 Å². The lowest BCUT2D eigenvalue weighted by molar-refractivity contribution is 0.0813. The van der Waals surface area contributed by atoms with Gasteiger partial charge in [0.25, 0.3) is 0 Å². The van der Waals surface area contributed by atoms with E-state index in [1.807, 2.05) is 18.2 Å². The largest absolute Gasteiger partial charge is 0.496 e. The molecule has 26 heavy (non-hydrogen) atoms. The van der Waals surface area contributed by atoms with E-state index in [2.05, 4.69) is 35.0 Å². The summed E-state index contributed by atoms with van der Waals surface area (Å²) in [5, 5.41) is 0.940. The molecule has 1 fully saturated rings. The summed E-state index contributed by atoms with van der Waals surface area (Å²) in [4.78, 5) is 6.06. The third-order valence-corrected chi connectivity index (χ3v) is 5.57. The molecule has 4 rings (SSSR count). The minimum atomic E-state index is -0.189. The zero-order valence-electron chi connectivity index (χ0n) is 15.3. The fourth-order valence-corrected chi connectivity index (χ4v) is 4.18. The SMILES string of the molecule is COc1ccccc1CN1C(C)CCCC1c1cc2cc(F)ccc2[nH]1. The molecule has 3 aromatic rings. The van der Waals surface area contributed by atoms with E-state index in [4.69, 9.17) is 4.74 Å². The molecule has 2 heterocycles. The molecule has 1 saturated heterocycles. The van der Waals surface area contributed by atoms with Crippen molar-refractivity contribution < 1.29 is 9.13 Å².